The van der Waals surface area contributed by atoms with Gasteiger partial charge in [-0.2, -0.15) is 8.42 Å². The van der Waals surface area contributed by atoms with Gasteiger partial charge in [-0.1, -0.05) is 11.6 Å². The molecule has 96 valence electrons. The van der Waals surface area contributed by atoms with Crippen LogP contribution in [0.25, 0.3) is 0 Å². The maximum atomic E-state index is 11.1. The summed E-state index contributed by atoms with van der Waals surface area (Å²) in [5.74, 6) is -0.774. The van der Waals surface area contributed by atoms with Crippen LogP contribution in [-0.2, 0) is 10.1 Å². The molecule has 1 rings (SSSR count). The number of amides is 1. The Morgan fingerprint density at radius 3 is 2.41 bits per heavy atom. The number of thiophene rings is 1. The van der Waals surface area contributed by atoms with Crippen molar-refractivity contribution in [3.05, 3.63) is 21.3 Å². The van der Waals surface area contributed by atoms with Gasteiger partial charge in [-0.3, -0.25) is 20.1 Å². The summed E-state index contributed by atoms with van der Waals surface area (Å²) in [7, 11) is -3.67. The van der Waals surface area contributed by atoms with E-state index in [-0.39, 0.29) is 5.96 Å². The molecule has 5 N–H and O–H groups in total. The fourth-order valence-electron chi connectivity index (χ4n) is 0.616. The van der Waals surface area contributed by atoms with E-state index >= 15 is 0 Å². The molecule has 0 spiro atoms. The number of hydrogen-bond acceptors (Lipinski definition) is 5. The third-order valence-corrected chi connectivity index (χ3v) is 2.32. The molecule has 0 radical (unpaired) electrons. The Kier molecular flexibility index (Phi) is 6.10. The van der Waals surface area contributed by atoms with E-state index in [4.69, 9.17) is 27.3 Å². The average molecular weight is 300 g/mol. The molecule has 0 bridgehead atoms. The van der Waals surface area contributed by atoms with Crippen LogP contribution >= 0.6 is 22.9 Å². The molecule has 0 aliphatic carbocycles. The van der Waals surface area contributed by atoms with E-state index in [0.29, 0.717) is 16.2 Å². The number of nitrogens with one attached hydrogen (secondary N) is 2. The number of nitrogens with two attached hydrogens (primary N) is 1. The van der Waals surface area contributed by atoms with Gasteiger partial charge >= 0.3 is 0 Å². The molecular weight excluding hydrogens is 290 g/mol. The summed E-state index contributed by atoms with van der Waals surface area (Å²) in [6.45, 7) is 0. The van der Waals surface area contributed by atoms with Crippen LogP contribution in [0.4, 0.5) is 0 Å². The molecule has 0 aliphatic heterocycles. The largest absolute Gasteiger partial charge is 0.370 e. The molecule has 1 amide bonds. The normalized spacial score (nSPS) is 10.1. The third kappa shape index (κ3) is 9.75. The van der Waals surface area contributed by atoms with E-state index < -0.39 is 16.0 Å². The molecule has 0 aliphatic rings. The summed E-state index contributed by atoms with van der Waals surface area (Å²) in [4.78, 5) is 11.5. The van der Waals surface area contributed by atoms with Crippen LogP contribution < -0.4 is 11.1 Å². The minimum absolute atomic E-state index is 0.371. The molecule has 0 atom stereocenters. The molecule has 0 fully saturated rings. The van der Waals surface area contributed by atoms with Crippen molar-refractivity contribution >= 4 is 44.9 Å². The molecule has 1 heterocycles. The van der Waals surface area contributed by atoms with Crippen LogP contribution in [0.2, 0.25) is 5.02 Å². The van der Waals surface area contributed by atoms with Gasteiger partial charge in [0.05, 0.1) is 16.2 Å². The number of guanidine groups is 1. The van der Waals surface area contributed by atoms with Crippen LogP contribution in [0.1, 0.15) is 9.67 Å². The van der Waals surface area contributed by atoms with Gasteiger partial charge in [0.1, 0.15) is 0 Å². The zero-order valence-electron chi connectivity index (χ0n) is 8.60. The van der Waals surface area contributed by atoms with Crippen LogP contribution in [0.5, 0.6) is 0 Å². The van der Waals surface area contributed by atoms with Gasteiger partial charge in [-0.05, 0) is 6.07 Å². The third-order valence-electron chi connectivity index (χ3n) is 1.04. The Bertz CT molecular complexity index is 503. The maximum absolute atomic E-state index is 11.1. The first-order chi connectivity index (χ1) is 7.59. The standard InChI is InChI=1S/C6H6ClN3OS.CH4O3S/c7-3-1-4(12-2-3)5(11)10-6(8)9;1-5(2,3)4/h1-2H,(H4,8,9,10,11);1H3,(H,2,3,4). The molecule has 1 aromatic heterocycles. The van der Waals surface area contributed by atoms with Gasteiger partial charge in [0.2, 0.25) is 0 Å². The maximum Gasteiger partial charge on any atom is 0.268 e. The van der Waals surface area contributed by atoms with Crippen LogP contribution in [0, 0.1) is 5.41 Å². The highest BCUT2D eigenvalue weighted by Crippen LogP contribution is 2.18. The molecule has 1 aromatic rings. The van der Waals surface area contributed by atoms with Gasteiger partial charge in [0.15, 0.2) is 5.96 Å². The molecule has 7 nitrogen and oxygen atoms in total. The van der Waals surface area contributed by atoms with E-state index in [9.17, 15) is 13.2 Å². The van der Waals surface area contributed by atoms with Crippen molar-refractivity contribution in [3.8, 4) is 0 Å². The van der Waals surface area contributed by atoms with Crippen molar-refractivity contribution in [2.24, 2.45) is 5.73 Å². The summed E-state index contributed by atoms with van der Waals surface area (Å²) in [5.41, 5.74) is 4.96. The monoisotopic (exact) mass is 299 g/mol. The molecule has 0 saturated heterocycles. The first kappa shape index (κ1) is 15.8. The van der Waals surface area contributed by atoms with Crippen molar-refractivity contribution in [1.82, 2.24) is 5.32 Å². The van der Waals surface area contributed by atoms with Crippen molar-refractivity contribution in [2.75, 3.05) is 6.26 Å². The van der Waals surface area contributed by atoms with E-state index in [0.717, 1.165) is 0 Å². The predicted octanol–water partition coefficient (Wildman–Crippen LogP) is 0.529. The molecule has 0 aromatic carbocycles. The fraction of sp³-hybridized carbons (Fsp3) is 0.143. The predicted molar refractivity (Wildman–Crippen MR) is 66.2 cm³/mol. The topological polar surface area (TPSA) is 133 Å². The number of rotatable bonds is 1. The number of hydrogen-bond donors (Lipinski definition) is 4. The van der Waals surface area contributed by atoms with Crippen molar-refractivity contribution in [1.29, 1.82) is 5.41 Å². The Hall–Kier alpha value is -1.16. The lowest BCUT2D eigenvalue weighted by molar-refractivity contribution is 0.0980. The Morgan fingerprint density at radius 1 is 1.65 bits per heavy atom. The minimum Gasteiger partial charge on any atom is -0.370 e. The summed E-state index contributed by atoms with van der Waals surface area (Å²) in [6.07, 6.45) is 0.715. The number of halogens is 1. The summed E-state index contributed by atoms with van der Waals surface area (Å²) in [5, 5.41) is 11.1. The van der Waals surface area contributed by atoms with Gasteiger partial charge in [-0.15, -0.1) is 11.3 Å². The Balaban J connectivity index is 0.000000437. The lowest BCUT2D eigenvalue weighted by atomic mass is 10.4. The van der Waals surface area contributed by atoms with E-state index in [2.05, 4.69) is 5.32 Å². The zero-order valence-corrected chi connectivity index (χ0v) is 11.0. The first-order valence-corrected chi connectivity index (χ1v) is 7.02. The second kappa shape index (κ2) is 6.55. The van der Waals surface area contributed by atoms with E-state index in [1.807, 2.05) is 0 Å². The zero-order chi connectivity index (χ0) is 13.6. The van der Waals surface area contributed by atoms with Gasteiger partial charge in [0.25, 0.3) is 16.0 Å². The Labute approximate surface area is 107 Å². The smallest absolute Gasteiger partial charge is 0.268 e. The number of carbonyl (C=O) groups excluding carboxylic acids is 1. The molecule has 0 saturated carbocycles. The lowest BCUT2D eigenvalue weighted by Gasteiger charge is -1.97. The second-order valence-electron chi connectivity index (χ2n) is 2.73. The summed E-state index contributed by atoms with van der Waals surface area (Å²) in [6, 6.07) is 1.52. The van der Waals surface area contributed by atoms with Crippen LogP contribution in [0.3, 0.4) is 0 Å². The highest BCUT2D eigenvalue weighted by Gasteiger charge is 2.08. The SMILES string of the molecule is CS(=O)(=O)O.N=C(N)NC(=O)c1cc(Cl)cs1. The van der Waals surface area contributed by atoms with Crippen molar-refractivity contribution in [3.63, 3.8) is 0 Å². The highest BCUT2D eigenvalue weighted by atomic mass is 35.5. The fourth-order valence-corrected chi connectivity index (χ4v) is 1.58. The minimum atomic E-state index is -3.67. The molecular formula is C7H10ClN3O4S2. The Morgan fingerprint density at radius 2 is 2.12 bits per heavy atom. The van der Waals surface area contributed by atoms with Crippen molar-refractivity contribution in [2.45, 2.75) is 0 Å². The van der Waals surface area contributed by atoms with Gasteiger partial charge in [0, 0.05) is 5.38 Å². The molecule has 17 heavy (non-hydrogen) atoms. The van der Waals surface area contributed by atoms with Crippen molar-refractivity contribution < 1.29 is 17.8 Å². The van der Waals surface area contributed by atoms with Crippen LogP contribution in [0.15, 0.2) is 11.4 Å². The van der Waals surface area contributed by atoms with E-state index in [1.54, 1.807) is 5.38 Å². The highest BCUT2D eigenvalue weighted by molar-refractivity contribution is 7.85. The molecule has 10 heteroatoms. The first-order valence-electron chi connectivity index (χ1n) is 3.91. The summed E-state index contributed by atoms with van der Waals surface area (Å²) >= 11 is 6.79. The van der Waals surface area contributed by atoms with E-state index in [1.165, 1.54) is 17.4 Å². The quantitative estimate of drug-likeness (QED) is 0.341. The van der Waals surface area contributed by atoms with Crippen LogP contribution in [-0.4, -0.2) is 31.1 Å². The van der Waals surface area contributed by atoms with Gasteiger partial charge in [-0.25, -0.2) is 0 Å². The van der Waals surface area contributed by atoms with Gasteiger partial charge < -0.3 is 5.73 Å². The molecule has 0 unspecified atom stereocenters. The lowest BCUT2D eigenvalue weighted by Crippen LogP contribution is -2.35. The average Bonchev–Trinajstić information content (AvgIpc) is 2.47. The summed E-state index contributed by atoms with van der Waals surface area (Å²) < 4.78 is 25.9. The second-order valence-corrected chi connectivity index (χ2v) is 5.54. The number of carbonyl (C=O) groups is 1.